The van der Waals surface area contributed by atoms with Crippen molar-refractivity contribution in [2.45, 2.75) is 32.7 Å². The summed E-state index contributed by atoms with van der Waals surface area (Å²) in [7, 11) is 0. The van der Waals surface area contributed by atoms with Gasteiger partial charge in [-0.05, 0) is 65.1 Å². The van der Waals surface area contributed by atoms with Gasteiger partial charge in [0, 0.05) is 18.2 Å². The van der Waals surface area contributed by atoms with E-state index in [-0.39, 0.29) is 19.8 Å². The molecule has 0 saturated heterocycles. The predicted molar refractivity (Wildman–Crippen MR) is 170 cm³/mol. The summed E-state index contributed by atoms with van der Waals surface area (Å²) in [6.45, 7) is 3.11. The number of aliphatic carboxylic acids is 1. The number of aliphatic hydroxyl groups excluding tert-OH is 1. The molecule has 4 aromatic carbocycles. The average Bonchev–Trinajstić information content (AvgIpc) is 3.52. The molecule has 1 atom stereocenters. The van der Waals surface area contributed by atoms with Crippen LogP contribution in [0.2, 0.25) is 5.02 Å². The van der Waals surface area contributed by atoms with Crippen LogP contribution in [0.4, 0.5) is 0 Å². The molecule has 12 heteroatoms. The van der Waals surface area contributed by atoms with Crippen molar-refractivity contribution in [1.29, 1.82) is 0 Å². The van der Waals surface area contributed by atoms with E-state index < -0.39 is 18.6 Å². The molecular weight excluding hydrogens is 618 g/mol. The summed E-state index contributed by atoms with van der Waals surface area (Å²) in [4.78, 5) is 11.5. The quantitative estimate of drug-likeness (QED) is 0.153. The number of carbonyl (C=O) groups is 1. The molecule has 0 aliphatic carbocycles. The first kappa shape index (κ1) is 30.6. The number of aromatic nitrogens is 2. The van der Waals surface area contributed by atoms with Gasteiger partial charge >= 0.3 is 5.97 Å². The maximum atomic E-state index is 11.5. The van der Waals surface area contributed by atoms with Gasteiger partial charge in [-0.2, -0.15) is 8.75 Å². The fraction of sp³-hybridized carbons (Fsp3) is 0.242. The number of halogens is 1. The molecule has 0 fully saturated rings. The van der Waals surface area contributed by atoms with Crippen LogP contribution in [0.25, 0.3) is 22.2 Å². The Kier molecular flexibility index (Phi) is 9.31. The molecule has 1 aromatic heterocycles. The fourth-order valence-corrected chi connectivity index (χ4v) is 5.78. The second-order valence-electron chi connectivity index (χ2n) is 10.5. The third kappa shape index (κ3) is 6.97. The zero-order chi connectivity index (χ0) is 31.3. The molecule has 0 radical (unpaired) electrons. The van der Waals surface area contributed by atoms with Gasteiger partial charge in [-0.1, -0.05) is 41.9 Å². The zero-order valence-corrected chi connectivity index (χ0v) is 25.9. The van der Waals surface area contributed by atoms with Crippen molar-refractivity contribution >= 4 is 40.3 Å². The summed E-state index contributed by atoms with van der Waals surface area (Å²) in [6, 6.07) is 19.9. The summed E-state index contributed by atoms with van der Waals surface area (Å²) in [6.07, 6.45) is 0. The number of fused-ring (bicyclic) bond motifs is 2. The minimum Gasteiger partial charge on any atom is -0.488 e. The van der Waals surface area contributed by atoms with Crippen molar-refractivity contribution in [1.82, 2.24) is 14.1 Å². The van der Waals surface area contributed by atoms with E-state index in [0.29, 0.717) is 35.3 Å². The van der Waals surface area contributed by atoms with Gasteiger partial charge in [0.15, 0.2) is 11.5 Å². The first-order valence-electron chi connectivity index (χ1n) is 14.2. The van der Waals surface area contributed by atoms with Crippen LogP contribution in [0, 0.1) is 6.92 Å². The second-order valence-corrected chi connectivity index (χ2v) is 11.4. The van der Waals surface area contributed by atoms with E-state index in [0.717, 1.165) is 62.1 Å². The summed E-state index contributed by atoms with van der Waals surface area (Å²) >= 11 is 7.82. The highest BCUT2D eigenvalue weighted by Gasteiger charge is 2.19. The number of nitrogens with zero attached hydrogens (tertiary/aromatic N) is 2. The Labute approximate surface area is 268 Å². The van der Waals surface area contributed by atoms with Crippen molar-refractivity contribution in [3.8, 4) is 34.1 Å². The molecule has 0 unspecified atom stereocenters. The van der Waals surface area contributed by atoms with Crippen LogP contribution in [0.15, 0.2) is 66.7 Å². The molecular formula is C33H30ClN3O7S. The van der Waals surface area contributed by atoms with Gasteiger partial charge in [0.25, 0.3) is 0 Å². The maximum absolute atomic E-state index is 11.5. The van der Waals surface area contributed by atoms with Gasteiger partial charge in [-0.3, -0.25) is 10.1 Å². The Balaban J connectivity index is 1.23. The number of carboxylic acid groups (broad SMARTS) is 1. The van der Waals surface area contributed by atoms with Crippen LogP contribution in [-0.4, -0.2) is 50.8 Å². The van der Waals surface area contributed by atoms with Crippen molar-refractivity contribution in [2.75, 3.05) is 19.8 Å². The van der Waals surface area contributed by atoms with Gasteiger partial charge < -0.3 is 29.2 Å². The van der Waals surface area contributed by atoms with Crippen LogP contribution in [0.1, 0.15) is 22.3 Å². The minimum absolute atomic E-state index is 0.0958. The monoisotopic (exact) mass is 647 g/mol. The number of carboxylic acids is 1. The van der Waals surface area contributed by atoms with E-state index in [1.54, 1.807) is 12.1 Å². The Morgan fingerprint density at radius 1 is 0.956 bits per heavy atom. The molecule has 6 rings (SSSR count). The Hall–Kier alpha value is -4.42. The van der Waals surface area contributed by atoms with E-state index >= 15 is 0 Å². The lowest BCUT2D eigenvalue weighted by Gasteiger charge is -2.20. The molecule has 0 saturated carbocycles. The fourth-order valence-electron chi connectivity index (χ4n) is 5.02. The molecule has 0 bridgehead atoms. The number of hydrogen-bond donors (Lipinski definition) is 3. The number of rotatable bonds is 12. The first-order valence-corrected chi connectivity index (χ1v) is 15.3. The van der Waals surface area contributed by atoms with E-state index in [1.807, 2.05) is 55.5 Å². The summed E-state index contributed by atoms with van der Waals surface area (Å²) < 4.78 is 32.4. The normalized spacial score (nSPS) is 13.0. The standard InChI is InChI=1S/C33H30ClN3O7S/c1-19-22(3-2-4-24(19)21-6-8-29-32(13-21)42-10-9-41-29)18-44-31-14-30(23(12-25(31)34)15-35-28(16-38)33(39)40)43-17-20-5-7-26-27(11-20)37-45-36-26/h2-8,11-14,28,35,38H,9-10,15-18H2,1H3,(H,39,40)/t28-/m1/s1. The van der Waals surface area contributed by atoms with Crippen LogP contribution in [0.3, 0.4) is 0 Å². The van der Waals surface area contributed by atoms with Gasteiger partial charge in [0.05, 0.1) is 23.4 Å². The molecule has 3 N–H and O–H groups in total. The van der Waals surface area contributed by atoms with Crippen LogP contribution >= 0.6 is 23.3 Å². The molecule has 1 aliphatic heterocycles. The van der Waals surface area contributed by atoms with Crippen LogP contribution in [0.5, 0.6) is 23.0 Å². The number of ether oxygens (including phenoxy) is 4. The van der Waals surface area contributed by atoms with Gasteiger partial charge in [0.2, 0.25) is 0 Å². The summed E-state index contributed by atoms with van der Waals surface area (Å²) in [5.74, 6) is 1.18. The lowest BCUT2D eigenvalue weighted by atomic mass is 9.96. The zero-order valence-electron chi connectivity index (χ0n) is 24.3. The second kappa shape index (κ2) is 13.7. The molecule has 232 valence electrons. The predicted octanol–water partition coefficient (Wildman–Crippen LogP) is 5.78. The van der Waals surface area contributed by atoms with E-state index in [4.69, 9.17) is 30.5 Å². The number of benzene rings is 4. The van der Waals surface area contributed by atoms with E-state index in [1.165, 1.54) is 0 Å². The third-order valence-electron chi connectivity index (χ3n) is 7.53. The minimum atomic E-state index is -1.16. The molecule has 2 heterocycles. The Morgan fingerprint density at radius 2 is 1.76 bits per heavy atom. The molecule has 10 nitrogen and oxygen atoms in total. The van der Waals surface area contributed by atoms with E-state index in [2.05, 4.69) is 20.1 Å². The number of nitrogens with one attached hydrogen (secondary N) is 1. The van der Waals surface area contributed by atoms with Gasteiger partial charge in [0.1, 0.15) is 55.0 Å². The van der Waals surface area contributed by atoms with Crippen molar-refractivity contribution in [3.63, 3.8) is 0 Å². The Morgan fingerprint density at radius 3 is 2.58 bits per heavy atom. The van der Waals surface area contributed by atoms with Crippen molar-refractivity contribution < 1.29 is 34.0 Å². The number of aliphatic hydroxyl groups is 1. The van der Waals surface area contributed by atoms with Crippen molar-refractivity contribution in [3.05, 3.63) is 94.0 Å². The Bertz CT molecular complexity index is 1850. The largest absolute Gasteiger partial charge is 0.488 e. The smallest absolute Gasteiger partial charge is 0.323 e. The summed E-state index contributed by atoms with van der Waals surface area (Å²) in [5.41, 5.74) is 7.18. The van der Waals surface area contributed by atoms with Crippen LogP contribution in [-0.2, 0) is 24.6 Å². The first-order chi connectivity index (χ1) is 21.9. The van der Waals surface area contributed by atoms with Crippen LogP contribution < -0.4 is 24.3 Å². The van der Waals surface area contributed by atoms with E-state index in [9.17, 15) is 15.0 Å². The lowest BCUT2D eigenvalue weighted by molar-refractivity contribution is -0.140. The number of hydrogen-bond acceptors (Lipinski definition) is 10. The highest BCUT2D eigenvalue weighted by Crippen LogP contribution is 2.37. The van der Waals surface area contributed by atoms with Gasteiger partial charge in [-0.25, -0.2) is 0 Å². The molecule has 0 amide bonds. The molecule has 5 aromatic rings. The highest BCUT2D eigenvalue weighted by molar-refractivity contribution is 7.00. The molecule has 45 heavy (non-hydrogen) atoms. The van der Waals surface area contributed by atoms with Gasteiger partial charge in [-0.15, -0.1) is 0 Å². The molecule has 1 aliphatic rings. The summed E-state index contributed by atoms with van der Waals surface area (Å²) in [5, 5.41) is 22.0. The lowest BCUT2D eigenvalue weighted by Crippen LogP contribution is -2.39. The highest BCUT2D eigenvalue weighted by atomic mass is 35.5. The maximum Gasteiger partial charge on any atom is 0.323 e. The third-order valence-corrected chi connectivity index (χ3v) is 8.38. The topological polar surface area (TPSA) is 132 Å². The average molecular weight is 648 g/mol. The SMILES string of the molecule is Cc1c(COc2cc(OCc3ccc4nsnc4c3)c(CN[C@H](CO)C(=O)O)cc2Cl)cccc1-c1ccc2c(c1)OCCO2. The van der Waals surface area contributed by atoms with Crippen molar-refractivity contribution in [2.24, 2.45) is 0 Å². The molecule has 0 spiro atoms.